The molecule has 1 nitrogen and oxygen atoms in total. The molecular weight excluding hydrogens is 238 g/mol. The molecular formula is C16H19NS. The second kappa shape index (κ2) is 6.07. The van der Waals surface area contributed by atoms with Gasteiger partial charge in [0.15, 0.2) is 0 Å². The molecule has 2 N–H and O–H groups in total. The molecule has 0 fully saturated rings. The van der Waals surface area contributed by atoms with E-state index in [9.17, 15) is 0 Å². The van der Waals surface area contributed by atoms with Gasteiger partial charge in [-0.3, -0.25) is 0 Å². The summed E-state index contributed by atoms with van der Waals surface area (Å²) in [6, 6.07) is 17.3. The van der Waals surface area contributed by atoms with Crippen molar-refractivity contribution in [3.8, 4) is 0 Å². The molecule has 0 aromatic heterocycles. The van der Waals surface area contributed by atoms with Crippen molar-refractivity contribution in [3.05, 3.63) is 65.2 Å². The zero-order valence-electron chi connectivity index (χ0n) is 10.9. The predicted molar refractivity (Wildman–Crippen MR) is 79.8 cm³/mol. The molecule has 2 aromatic carbocycles. The first-order chi connectivity index (χ1) is 8.65. The van der Waals surface area contributed by atoms with Crippen LogP contribution in [0.2, 0.25) is 0 Å². The third-order valence-electron chi connectivity index (χ3n) is 2.89. The molecule has 18 heavy (non-hydrogen) atoms. The van der Waals surface area contributed by atoms with Gasteiger partial charge in [-0.1, -0.05) is 42.0 Å². The molecule has 0 radical (unpaired) electrons. The van der Waals surface area contributed by atoms with Crippen molar-refractivity contribution in [3.63, 3.8) is 0 Å². The molecule has 0 saturated heterocycles. The van der Waals surface area contributed by atoms with Crippen LogP contribution in [0, 0.1) is 6.92 Å². The highest BCUT2D eigenvalue weighted by Crippen LogP contribution is 2.24. The Kier molecular flexibility index (Phi) is 4.45. The van der Waals surface area contributed by atoms with E-state index in [2.05, 4.69) is 55.5 Å². The number of rotatable bonds is 4. The minimum atomic E-state index is 0.112. The van der Waals surface area contributed by atoms with Gasteiger partial charge in [0.1, 0.15) is 0 Å². The van der Waals surface area contributed by atoms with E-state index in [0.717, 1.165) is 5.75 Å². The van der Waals surface area contributed by atoms with E-state index in [4.69, 9.17) is 5.73 Å². The van der Waals surface area contributed by atoms with Crippen LogP contribution in [0.25, 0.3) is 0 Å². The molecule has 0 bridgehead atoms. The van der Waals surface area contributed by atoms with Gasteiger partial charge in [-0.25, -0.2) is 0 Å². The molecule has 0 amide bonds. The molecule has 2 aromatic rings. The average Bonchev–Trinajstić information content (AvgIpc) is 2.37. The molecule has 2 rings (SSSR count). The van der Waals surface area contributed by atoms with Crippen molar-refractivity contribution >= 4 is 11.8 Å². The molecule has 0 heterocycles. The maximum Gasteiger partial charge on any atom is 0.0266 e. The third-order valence-corrected chi connectivity index (χ3v) is 3.98. The molecule has 2 heteroatoms. The predicted octanol–water partition coefficient (Wildman–Crippen LogP) is 4.31. The summed E-state index contributed by atoms with van der Waals surface area (Å²) in [5, 5.41) is 0. The first kappa shape index (κ1) is 13.2. The molecule has 1 unspecified atom stereocenters. The maximum absolute atomic E-state index is 5.84. The molecule has 0 aliphatic carbocycles. The van der Waals surface area contributed by atoms with Crippen LogP contribution in [0.5, 0.6) is 0 Å². The molecule has 0 aliphatic heterocycles. The molecule has 0 spiro atoms. The Hall–Kier alpha value is -1.25. The summed E-state index contributed by atoms with van der Waals surface area (Å²) in [6.45, 7) is 4.14. The van der Waals surface area contributed by atoms with Gasteiger partial charge in [0.25, 0.3) is 0 Å². The van der Waals surface area contributed by atoms with Gasteiger partial charge in [-0.2, -0.15) is 0 Å². The molecule has 0 aliphatic rings. The first-order valence-electron chi connectivity index (χ1n) is 6.19. The van der Waals surface area contributed by atoms with E-state index in [-0.39, 0.29) is 6.04 Å². The summed E-state index contributed by atoms with van der Waals surface area (Å²) in [7, 11) is 0. The quantitative estimate of drug-likeness (QED) is 0.826. The van der Waals surface area contributed by atoms with Gasteiger partial charge in [0.05, 0.1) is 0 Å². The Bertz CT molecular complexity index is 503. The summed E-state index contributed by atoms with van der Waals surface area (Å²) in [6.07, 6.45) is 0. The molecule has 94 valence electrons. The highest BCUT2D eigenvalue weighted by Gasteiger charge is 2.00. The van der Waals surface area contributed by atoms with Gasteiger partial charge in [-0.15, -0.1) is 11.8 Å². The fourth-order valence-electron chi connectivity index (χ4n) is 1.84. The Balaban J connectivity index is 1.98. The molecule has 1 atom stereocenters. The Morgan fingerprint density at radius 1 is 1.11 bits per heavy atom. The first-order valence-corrected chi connectivity index (χ1v) is 7.17. The van der Waals surface area contributed by atoms with Crippen LogP contribution >= 0.6 is 11.8 Å². The van der Waals surface area contributed by atoms with E-state index in [0.29, 0.717) is 0 Å². The number of nitrogens with two attached hydrogens (primary N) is 1. The highest BCUT2D eigenvalue weighted by atomic mass is 32.2. The lowest BCUT2D eigenvalue weighted by atomic mass is 10.1. The summed E-state index contributed by atoms with van der Waals surface area (Å²) in [5.74, 6) is 1.01. The maximum atomic E-state index is 5.84. The number of aryl methyl sites for hydroxylation is 1. The Labute approximate surface area is 113 Å². The monoisotopic (exact) mass is 257 g/mol. The fraction of sp³-hybridized carbons (Fsp3) is 0.250. The fourth-order valence-corrected chi connectivity index (χ4v) is 2.68. The van der Waals surface area contributed by atoms with Crippen LogP contribution in [-0.4, -0.2) is 0 Å². The van der Waals surface area contributed by atoms with Crippen molar-refractivity contribution in [2.24, 2.45) is 5.73 Å². The summed E-state index contributed by atoms with van der Waals surface area (Å²) < 4.78 is 0. The summed E-state index contributed by atoms with van der Waals surface area (Å²) in [4.78, 5) is 1.29. The van der Waals surface area contributed by atoms with Gasteiger partial charge in [0.2, 0.25) is 0 Å². The van der Waals surface area contributed by atoms with Crippen LogP contribution in [0.3, 0.4) is 0 Å². The summed E-state index contributed by atoms with van der Waals surface area (Å²) >= 11 is 1.86. The lowest BCUT2D eigenvalue weighted by molar-refractivity contribution is 0.817. The van der Waals surface area contributed by atoms with E-state index >= 15 is 0 Å². The second-order valence-electron chi connectivity index (χ2n) is 4.64. The summed E-state index contributed by atoms with van der Waals surface area (Å²) in [5.41, 5.74) is 9.72. The van der Waals surface area contributed by atoms with Gasteiger partial charge in [0, 0.05) is 16.7 Å². The largest absolute Gasteiger partial charge is 0.324 e. The van der Waals surface area contributed by atoms with Crippen LogP contribution in [-0.2, 0) is 5.75 Å². The number of thioether (sulfide) groups is 1. The minimum Gasteiger partial charge on any atom is -0.324 e. The Morgan fingerprint density at radius 3 is 2.44 bits per heavy atom. The van der Waals surface area contributed by atoms with Crippen molar-refractivity contribution in [2.75, 3.05) is 0 Å². The minimum absolute atomic E-state index is 0.112. The van der Waals surface area contributed by atoms with Crippen LogP contribution < -0.4 is 5.73 Å². The number of hydrogen-bond acceptors (Lipinski definition) is 2. The topological polar surface area (TPSA) is 26.0 Å². The van der Waals surface area contributed by atoms with E-state index in [1.807, 2.05) is 18.7 Å². The van der Waals surface area contributed by atoms with Crippen molar-refractivity contribution < 1.29 is 0 Å². The lowest BCUT2D eigenvalue weighted by Crippen LogP contribution is -2.04. The zero-order chi connectivity index (χ0) is 13.0. The lowest BCUT2D eigenvalue weighted by Gasteiger charge is -2.07. The zero-order valence-corrected chi connectivity index (χ0v) is 11.7. The van der Waals surface area contributed by atoms with Crippen LogP contribution in [0.15, 0.2) is 53.4 Å². The van der Waals surface area contributed by atoms with Crippen molar-refractivity contribution in [1.29, 1.82) is 0 Å². The van der Waals surface area contributed by atoms with Crippen LogP contribution in [0.4, 0.5) is 0 Å². The van der Waals surface area contributed by atoms with Crippen LogP contribution in [0.1, 0.15) is 29.7 Å². The average molecular weight is 257 g/mol. The third kappa shape index (κ3) is 3.62. The Morgan fingerprint density at radius 2 is 1.83 bits per heavy atom. The van der Waals surface area contributed by atoms with E-state index in [1.165, 1.54) is 21.6 Å². The van der Waals surface area contributed by atoms with E-state index < -0.39 is 0 Å². The standard InChI is InChI=1S/C16H19NS/c1-12-4-3-5-14(10-12)11-18-16-8-6-15(7-9-16)13(2)17/h3-10,13H,11,17H2,1-2H3. The van der Waals surface area contributed by atoms with E-state index in [1.54, 1.807) is 0 Å². The normalized spacial score (nSPS) is 12.4. The van der Waals surface area contributed by atoms with Crippen molar-refractivity contribution in [2.45, 2.75) is 30.5 Å². The number of hydrogen-bond donors (Lipinski definition) is 1. The number of benzene rings is 2. The van der Waals surface area contributed by atoms with Gasteiger partial charge >= 0.3 is 0 Å². The van der Waals surface area contributed by atoms with Crippen molar-refractivity contribution in [1.82, 2.24) is 0 Å². The molecule has 0 saturated carbocycles. The highest BCUT2D eigenvalue weighted by molar-refractivity contribution is 7.98. The second-order valence-corrected chi connectivity index (χ2v) is 5.68. The SMILES string of the molecule is Cc1cccc(CSc2ccc(C(C)N)cc2)c1. The smallest absolute Gasteiger partial charge is 0.0266 e. The van der Waals surface area contributed by atoms with Gasteiger partial charge in [-0.05, 0) is 37.1 Å². The van der Waals surface area contributed by atoms with Gasteiger partial charge < -0.3 is 5.73 Å².